The van der Waals surface area contributed by atoms with Crippen molar-refractivity contribution in [1.29, 1.82) is 0 Å². The predicted molar refractivity (Wildman–Crippen MR) is 80.3 cm³/mol. The minimum atomic E-state index is 0.0188. The second-order valence-corrected chi connectivity index (χ2v) is 6.99. The van der Waals surface area contributed by atoms with Crippen LogP contribution in [0.4, 0.5) is 0 Å². The molecule has 1 saturated carbocycles. The number of aliphatic hydroxyl groups is 1. The van der Waals surface area contributed by atoms with E-state index in [1.807, 2.05) is 0 Å². The molecule has 0 radical (unpaired) electrons. The Morgan fingerprint density at radius 3 is 2.79 bits per heavy atom. The van der Waals surface area contributed by atoms with E-state index in [-0.39, 0.29) is 5.54 Å². The normalized spacial score (nSPS) is 37.4. The summed E-state index contributed by atoms with van der Waals surface area (Å²) in [6, 6.07) is 0.748. The highest BCUT2D eigenvalue weighted by molar-refractivity contribution is 4.92. The summed E-state index contributed by atoms with van der Waals surface area (Å²) in [6.45, 7) is 4.94. The molecule has 112 valence electrons. The molecule has 1 aliphatic heterocycles. The molecule has 19 heavy (non-hydrogen) atoms. The highest BCUT2D eigenvalue weighted by Crippen LogP contribution is 2.32. The fourth-order valence-electron chi connectivity index (χ4n) is 4.03. The van der Waals surface area contributed by atoms with Gasteiger partial charge in [-0.25, -0.2) is 0 Å². The van der Waals surface area contributed by atoms with Gasteiger partial charge in [0, 0.05) is 11.6 Å². The maximum atomic E-state index is 9.78. The van der Waals surface area contributed by atoms with Crippen LogP contribution in [0.3, 0.4) is 0 Å². The molecule has 1 heterocycles. The SMILES string of the molecule is CC1CCCC(CO)(NCCC2CCCCN2C)C1. The van der Waals surface area contributed by atoms with Crippen LogP contribution in [-0.4, -0.2) is 48.3 Å². The Hall–Kier alpha value is -0.120. The van der Waals surface area contributed by atoms with Crippen LogP contribution >= 0.6 is 0 Å². The monoisotopic (exact) mass is 268 g/mol. The summed E-state index contributed by atoms with van der Waals surface area (Å²) in [4.78, 5) is 2.51. The second-order valence-electron chi connectivity index (χ2n) is 6.99. The summed E-state index contributed by atoms with van der Waals surface area (Å²) >= 11 is 0. The molecule has 1 aliphatic carbocycles. The Morgan fingerprint density at radius 2 is 2.11 bits per heavy atom. The molecule has 2 N–H and O–H groups in total. The number of hydrogen-bond donors (Lipinski definition) is 2. The smallest absolute Gasteiger partial charge is 0.0613 e. The molecule has 0 bridgehead atoms. The Kier molecular flexibility index (Phi) is 5.67. The fourth-order valence-corrected chi connectivity index (χ4v) is 4.03. The number of hydrogen-bond acceptors (Lipinski definition) is 3. The molecule has 3 unspecified atom stereocenters. The third-order valence-corrected chi connectivity index (χ3v) is 5.29. The lowest BCUT2D eigenvalue weighted by Crippen LogP contribution is -2.52. The number of likely N-dealkylation sites (tertiary alicyclic amines) is 1. The predicted octanol–water partition coefficient (Wildman–Crippen LogP) is 2.39. The summed E-state index contributed by atoms with van der Waals surface area (Å²) in [7, 11) is 2.26. The quantitative estimate of drug-likeness (QED) is 0.803. The van der Waals surface area contributed by atoms with Gasteiger partial charge in [0.1, 0.15) is 0 Å². The fraction of sp³-hybridized carbons (Fsp3) is 1.00. The largest absolute Gasteiger partial charge is 0.394 e. The van der Waals surface area contributed by atoms with E-state index in [1.165, 1.54) is 45.1 Å². The van der Waals surface area contributed by atoms with Crippen LogP contribution < -0.4 is 5.32 Å². The van der Waals surface area contributed by atoms with Crippen LogP contribution in [-0.2, 0) is 0 Å². The van der Waals surface area contributed by atoms with Crippen molar-refractivity contribution >= 4 is 0 Å². The highest BCUT2D eigenvalue weighted by Gasteiger charge is 2.33. The van der Waals surface area contributed by atoms with Gasteiger partial charge in [-0.05, 0) is 58.2 Å². The summed E-state index contributed by atoms with van der Waals surface area (Å²) in [6.07, 6.45) is 10.2. The summed E-state index contributed by atoms with van der Waals surface area (Å²) < 4.78 is 0. The van der Waals surface area contributed by atoms with Gasteiger partial charge in [0.25, 0.3) is 0 Å². The van der Waals surface area contributed by atoms with Gasteiger partial charge in [-0.15, -0.1) is 0 Å². The zero-order valence-corrected chi connectivity index (χ0v) is 12.8. The van der Waals surface area contributed by atoms with Crippen LogP contribution in [0.15, 0.2) is 0 Å². The Bertz CT molecular complexity index is 271. The van der Waals surface area contributed by atoms with Gasteiger partial charge in [0.2, 0.25) is 0 Å². The maximum Gasteiger partial charge on any atom is 0.0613 e. The maximum absolute atomic E-state index is 9.78. The molecule has 1 saturated heterocycles. The summed E-state index contributed by atoms with van der Waals surface area (Å²) in [5.41, 5.74) is 0.0188. The molecule has 2 rings (SSSR count). The third kappa shape index (κ3) is 4.17. The molecule has 0 aromatic rings. The van der Waals surface area contributed by atoms with Crippen LogP contribution in [0.1, 0.15) is 58.3 Å². The zero-order valence-electron chi connectivity index (χ0n) is 12.8. The third-order valence-electron chi connectivity index (χ3n) is 5.29. The van der Waals surface area contributed by atoms with Crippen molar-refractivity contribution in [1.82, 2.24) is 10.2 Å². The second kappa shape index (κ2) is 7.05. The standard InChI is InChI=1S/C16H32N2O/c1-14-6-5-9-16(12-14,13-19)17-10-8-15-7-3-4-11-18(15)2/h14-15,17,19H,3-13H2,1-2H3. The number of piperidine rings is 1. The van der Waals surface area contributed by atoms with Crippen molar-refractivity contribution in [3.63, 3.8) is 0 Å². The van der Waals surface area contributed by atoms with E-state index in [9.17, 15) is 5.11 Å². The van der Waals surface area contributed by atoms with Crippen molar-refractivity contribution in [2.75, 3.05) is 26.7 Å². The first-order chi connectivity index (χ1) is 9.15. The topological polar surface area (TPSA) is 35.5 Å². The van der Waals surface area contributed by atoms with Crippen molar-refractivity contribution in [2.24, 2.45) is 5.92 Å². The van der Waals surface area contributed by atoms with Gasteiger partial charge in [-0.1, -0.05) is 26.2 Å². The molecule has 2 aliphatic rings. The Labute approximate surface area is 118 Å². The lowest BCUT2D eigenvalue weighted by Gasteiger charge is -2.40. The molecule has 2 fully saturated rings. The molecular weight excluding hydrogens is 236 g/mol. The Morgan fingerprint density at radius 1 is 1.26 bits per heavy atom. The number of nitrogens with zero attached hydrogens (tertiary/aromatic N) is 1. The molecule has 0 amide bonds. The lowest BCUT2D eigenvalue weighted by molar-refractivity contribution is 0.0942. The summed E-state index contributed by atoms with van der Waals surface area (Å²) in [5, 5.41) is 13.5. The first kappa shape index (κ1) is 15.3. The van der Waals surface area contributed by atoms with Gasteiger partial charge >= 0.3 is 0 Å². The minimum Gasteiger partial charge on any atom is -0.394 e. The Balaban J connectivity index is 1.76. The molecule has 3 atom stereocenters. The van der Waals surface area contributed by atoms with E-state index in [2.05, 4.69) is 24.2 Å². The zero-order chi connectivity index (χ0) is 13.7. The molecule has 0 aromatic heterocycles. The number of aliphatic hydroxyl groups excluding tert-OH is 1. The van der Waals surface area contributed by atoms with Crippen molar-refractivity contribution in [2.45, 2.75) is 69.9 Å². The molecule has 0 aromatic carbocycles. The van der Waals surface area contributed by atoms with Crippen LogP contribution in [0.5, 0.6) is 0 Å². The van der Waals surface area contributed by atoms with Gasteiger partial charge in [-0.2, -0.15) is 0 Å². The first-order valence-corrected chi connectivity index (χ1v) is 8.21. The van der Waals surface area contributed by atoms with Crippen molar-refractivity contribution < 1.29 is 5.11 Å². The van der Waals surface area contributed by atoms with Crippen molar-refractivity contribution in [3.05, 3.63) is 0 Å². The molecular formula is C16H32N2O. The van der Waals surface area contributed by atoms with E-state index in [4.69, 9.17) is 0 Å². The van der Waals surface area contributed by atoms with E-state index in [1.54, 1.807) is 0 Å². The average Bonchev–Trinajstić information content (AvgIpc) is 2.41. The molecule has 0 spiro atoms. The first-order valence-electron chi connectivity index (χ1n) is 8.21. The van der Waals surface area contributed by atoms with Crippen LogP contribution in [0, 0.1) is 5.92 Å². The summed E-state index contributed by atoms with van der Waals surface area (Å²) in [5.74, 6) is 0.755. The van der Waals surface area contributed by atoms with E-state index < -0.39 is 0 Å². The molecule has 3 nitrogen and oxygen atoms in total. The van der Waals surface area contributed by atoms with Crippen LogP contribution in [0.2, 0.25) is 0 Å². The van der Waals surface area contributed by atoms with E-state index in [0.717, 1.165) is 31.3 Å². The van der Waals surface area contributed by atoms with Gasteiger partial charge in [0.15, 0.2) is 0 Å². The van der Waals surface area contributed by atoms with E-state index >= 15 is 0 Å². The van der Waals surface area contributed by atoms with Gasteiger partial charge in [-0.3, -0.25) is 0 Å². The highest BCUT2D eigenvalue weighted by atomic mass is 16.3. The van der Waals surface area contributed by atoms with E-state index in [0.29, 0.717) is 6.61 Å². The van der Waals surface area contributed by atoms with Gasteiger partial charge < -0.3 is 15.3 Å². The molecule has 3 heteroatoms. The van der Waals surface area contributed by atoms with Crippen LogP contribution in [0.25, 0.3) is 0 Å². The lowest BCUT2D eigenvalue weighted by atomic mass is 9.76. The minimum absolute atomic E-state index is 0.0188. The van der Waals surface area contributed by atoms with Crippen molar-refractivity contribution in [3.8, 4) is 0 Å². The number of nitrogens with one attached hydrogen (secondary N) is 1. The number of rotatable bonds is 5. The average molecular weight is 268 g/mol. The van der Waals surface area contributed by atoms with Gasteiger partial charge in [0.05, 0.1) is 6.61 Å².